The number of hydrogen-bond donors (Lipinski definition) is 0. The molecule has 1 fully saturated rings. The summed E-state index contributed by atoms with van der Waals surface area (Å²) in [7, 11) is 0. The maximum atomic E-state index is 12.6. The molecule has 0 radical (unpaired) electrons. The molecule has 1 atom stereocenters. The third-order valence-electron chi connectivity index (χ3n) is 3.50. The summed E-state index contributed by atoms with van der Waals surface area (Å²) in [5.74, 6) is 0.750. The van der Waals surface area contributed by atoms with Crippen molar-refractivity contribution >= 4 is 11.1 Å². The van der Waals surface area contributed by atoms with Crippen molar-refractivity contribution in [3.63, 3.8) is 0 Å². The molecule has 3 rings (SSSR count). The lowest BCUT2D eigenvalue weighted by Gasteiger charge is -2.34. The number of morpholine rings is 1. The number of hydrogen-bond acceptors (Lipinski definition) is 4. The Morgan fingerprint density at radius 1 is 1.45 bits per heavy atom. The predicted molar refractivity (Wildman–Crippen MR) is 69.6 cm³/mol. The fourth-order valence-corrected chi connectivity index (χ4v) is 2.52. The second-order valence-corrected chi connectivity index (χ2v) is 4.94. The molecule has 108 valence electrons. The molecule has 1 unspecified atom stereocenters. The zero-order valence-electron chi connectivity index (χ0n) is 11.0. The molecule has 1 aliphatic heterocycles. The van der Waals surface area contributed by atoms with E-state index in [4.69, 9.17) is 9.15 Å². The smallest absolute Gasteiger partial charge is 0.240 e. The van der Waals surface area contributed by atoms with E-state index < -0.39 is 6.43 Å². The van der Waals surface area contributed by atoms with Crippen molar-refractivity contribution in [3.05, 3.63) is 30.2 Å². The SMILES string of the molecule is FC(F)CC1COCCN1Cc1cc2cccnc2o1. The van der Waals surface area contributed by atoms with E-state index in [1.165, 1.54) is 0 Å². The molecule has 0 N–H and O–H groups in total. The molecule has 2 aromatic rings. The average molecular weight is 282 g/mol. The standard InChI is InChI=1S/C14H16F2N2O2/c15-13(16)7-11-9-19-5-4-18(11)8-12-6-10-2-1-3-17-14(10)20-12/h1-3,6,11,13H,4-5,7-9H2. The van der Waals surface area contributed by atoms with Gasteiger partial charge in [0.15, 0.2) is 0 Å². The summed E-state index contributed by atoms with van der Waals surface area (Å²) in [6.45, 7) is 2.07. The Bertz CT molecular complexity index is 540. The molecule has 0 amide bonds. The Hall–Kier alpha value is -1.53. The Morgan fingerprint density at radius 3 is 3.15 bits per heavy atom. The first kappa shape index (κ1) is 13.5. The number of nitrogens with zero attached hydrogens (tertiary/aromatic N) is 2. The van der Waals surface area contributed by atoms with Crippen LogP contribution in [0.4, 0.5) is 8.78 Å². The van der Waals surface area contributed by atoms with Gasteiger partial charge in [-0.15, -0.1) is 0 Å². The summed E-state index contributed by atoms with van der Waals surface area (Å²) < 4.78 is 36.1. The van der Waals surface area contributed by atoms with Crippen LogP contribution in [-0.2, 0) is 11.3 Å². The van der Waals surface area contributed by atoms with Crippen molar-refractivity contribution in [2.24, 2.45) is 0 Å². The second kappa shape index (κ2) is 5.85. The number of halogens is 2. The van der Waals surface area contributed by atoms with Crippen molar-refractivity contribution in [3.8, 4) is 0 Å². The lowest BCUT2D eigenvalue weighted by molar-refractivity contribution is -0.0367. The van der Waals surface area contributed by atoms with Crippen LogP contribution in [0.15, 0.2) is 28.8 Å². The topological polar surface area (TPSA) is 38.5 Å². The zero-order valence-corrected chi connectivity index (χ0v) is 11.0. The van der Waals surface area contributed by atoms with Crippen LogP contribution >= 0.6 is 0 Å². The van der Waals surface area contributed by atoms with Gasteiger partial charge in [-0.2, -0.15) is 0 Å². The third kappa shape index (κ3) is 2.96. The van der Waals surface area contributed by atoms with Gasteiger partial charge in [0.05, 0.1) is 19.8 Å². The van der Waals surface area contributed by atoms with Crippen LogP contribution in [0.2, 0.25) is 0 Å². The highest BCUT2D eigenvalue weighted by atomic mass is 19.3. The third-order valence-corrected chi connectivity index (χ3v) is 3.50. The largest absolute Gasteiger partial charge is 0.441 e. The van der Waals surface area contributed by atoms with Gasteiger partial charge in [0, 0.05) is 30.6 Å². The van der Waals surface area contributed by atoms with Gasteiger partial charge < -0.3 is 9.15 Å². The molecular formula is C14H16F2N2O2. The van der Waals surface area contributed by atoms with Crippen molar-refractivity contribution in [2.75, 3.05) is 19.8 Å². The van der Waals surface area contributed by atoms with Gasteiger partial charge in [-0.1, -0.05) is 0 Å². The van der Waals surface area contributed by atoms with Gasteiger partial charge in [-0.05, 0) is 18.2 Å². The summed E-state index contributed by atoms with van der Waals surface area (Å²) in [5, 5.41) is 0.932. The predicted octanol–water partition coefficient (Wildman–Crippen LogP) is 2.68. The van der Waals surface area contributed by atoms with E-state index in [0.29, 0.717) is 32.0 Å². The van der Waals surface area contributed by atoms with Gasteiger partial charge in [0.25, 0.3) is 0 Å². The monoisotopic (exact) mass is 282 g/mol. The molecule has 1 aliphatic rings. The molecule has 20 heavy (non-hydrogen) atoms. The number of aromatic nitrogens is 1. The summed E-state index contributed by atoms with van der Waals surface area (Å²) in [4.78, 5) is 6.13. The van der Waals surface area contributed by atoms with Crippen molar-refractivity contribution in [1.82, 2.24) is 9.88 Å². The van der Waals surface area contributed by atoms with Gasteiger partial charge in [-0.3, -0.25) is 4.90 Å². The number of rotatable bonds is 4. The van der Waals surface area contributed by atoms with Crippen molar-refractivity contribution in [1.29, 1.82) is 0 Å². The summed E-state index contributed by atoms with van der Waals surface area (Å²) in [6.07, 6.45) is -0.816. The normalized spacial score (nSPS) is 20.9. The Labute approximate surface area is 115 Å². The van der Waals surface area contributed by atoms with Crippen LogP contribution in [0, 0.1) is 0 Å². The molecule has 6 heteroatoms. The lowest BCUT2D eigenvalue weighted by Crippen LogP contribution is -2.45. The summed E-state index contributed by atoms with van der Waals surface area (Å²) in [5.41, 5.74) is 0.584. The Morgan fingerprint density at radius 2 is 2.35 bits per heavy atom. The van der Waals surface area contributed by atoms with Crippen LogP contribution in [0.1, 0.15) is 12.2 Å². The maximum absolute atomic E-state index is 12.6. The van der Waals surface area contributed by atoms with E-state index in [1.807, 2.05) is 23.1 Å². The number of fused-ring (bicyclic) bond motifs is 1. The minimum absolute atomic E-state index is 0.168. The number of pyridine rings is 1. The van der Waals surface area contributed by atoms with Gasteiger partial charge in [0.2, 0.25) is 12.1 Å². The van der Waals surface area contributed by atoms with Gasteiger partial charge >= 0.3 is 0 Å². The lowest BCUT2D eigenvalue weighted by atomic mass is 10.1. The number of ether oxygens (including phenoxy) is 1. The minimum atomic E-state index is -2.32. The minimum Gasteiger partial charge on any atom is -0.441 e. The highest BCUT2D eigenvalue weighted by Gasteiger charge is 2.26. The quantitative estimate of drug-likeness (QED) is 0.864. The highest BCUT2D eigenvalue weighted by molar-refractivity contribution is 5.73. The summed E-state index contributed by atoms with van der Waals surface area (Å²) >= 11 is 0. The second-order valence-electron chi connectivity index (χ2n) is 4.94. The summed E-state index contributed by atoms with van der Waals surface area (Å²) in [6, 6.07) is 5.42. The molecule has 2 aromatic heterocycles. The molecule has 0 aliphatic carbocycles. The molecular weight excluding hydrogens is 266 g/mol. The zero-order chi connectivity index (χ0) is 13.9. The molecule has 4 nitrogen and oxygen atoms in total. The van der Waals surface area contributed by atoms with Crippen LogP contribution in [0.5, 0.6) is 0 Å². The molecule has 0 spiro atoms. The fraction of sp³-hybridized carbons (Fsp3) is 0.500. The average Bonchev–Trinajstić information content (AvgIpc) is 2.82. The van der Waals surface area contributed by atoms with E-state index in [2.05, 4.69) is 4.98 Å². The highest BCUT2D eigenvalue weighted by Crippen LogP contribution is 2.22. The van der Waals surface area contributed by atoms with Crippen molar-refractivity contribution < 1.29 is 17.9 Å². The Kier molecular flexibility index (Phi) is 3.93. The van der Waals surface area contributed by atoms with Crippen LogP contribution in [-0.4, -0.2) is 42.1 Å². The molecule has 3 heterocycles. The first-order valence-corrected chi connectivity index (χ1v) is 6.66. The van der Waals surface area contributed by atoms with Gasteiger partial charge in [-0.25, -0.2) is 13.8 Å². The van der Waals surface area contributed by atoms with Crippen LogP contribution in [0.3, 0.4) is 0 Å². The van der Waals surface area contributed by atoms with E-state index >= 15 is 0 Å². The first-order valence-electron chi connectivity index (χ1n) is 6.66. The number of alkyl halides is 2. The van der Waals surface area contributed by atoms with Crippen molar-refractivity contribution in [2.45, 2.75) is 25.4 Å². The van der Waals surface area contributed by atoms with E-state index in [0.717, 1.165) is 11.1 Å². The Balaban J connectivity index is 1.74. The van der Waals surface area contributed by atoms with E-state index in [-0.39, 0.29) is 12.5 Å². The van der Waals surface area contributed by atoms with E-state index in [1.54, 1.807) is 6.20 Å². The van der Waals surface area contributed by atoms with E-state index in [9.17, 15) is 8.78 Å². The molecule has 0 bridgehead atoms. The first-order chi connectivity index (χ1) is 9.72. The van der Waals surface area contributed by atoms with Crippen LogP contribution < -0.4 is 0 Å². The fourth-order valence-electron chi connectivity index (χ4n) is 2.52. The number of furan rings is 1. The molecule has 0 saturated carbocycles. The molecule has 0 aromatic carbocycles. The van der Waals surface area contributed by atoms with Crippen LogP contribution in [0.25, 0.3) is 11.1 Å². The maximum Gasteiger partial charge on any atom is 0.240 e. The molecule has 1 saturated heterocycles. The van der Waals surface area contributed by atoms with Gasteiger partial charge in [0.1, 0.15) is 5.76 Å².